The van der Waals surface area contributed by atoms with Gasteiger partial charge in [-0.1, -0.05) is 0 Å². The molecule has 0 aromatic rings. The largest absolute Gasteiger partial charge is 0.394 e. The normalized spacial score (nSPS) is 17.9. The Morgan fingerprint density at radius 3 is 2.31 bits per heavy atom. The number of Topliss-reactive ketones (excluding diaryl/α,β-unsaturated/α-hetero) is 1. The number of hydrogen-bond acceptors (Lipinski definition) is 6. The lowest BCUT2D eigenvalue weighted by atomic mass is 10.1. The number of ether oxygens (including phenoxy) is 1. The van der Waals surface area contributed by atoms with E-state index in [2.05, 4.69) is 4.74 Å². The summed E-state index contributed by atoms with van der Waals surface area (Å²) in [4.78, 5) is 10.9. The molecule has 78 valence electrons. The van der Waals surface area contributed by atoms with E-state index in [1.165, 1.54) is 7.11 Å². The molecular formula is C7H14O6. The number of carbonyl (C=O) groups excluding carboxylic acids is 1. The van der Waals surface area contributed by atoms with Crippen LogP contribution in [0.1, 0.15) is 0 Å². The zero-order chi connectivity index (χ0) is 10.4. The maximum Gasteiger partial charge on any atom is 0.189 e. The smallest absolute Gasteiger partial charge is 0.189 e. The zero-order valence-electron chi connectivity index (χ0n) is 7.25. The number of methoxy groups -OCH3 is 1. The van der Waals surface area contributed by atoms with Gasteiger partial charge >= 0.3 is 0 Å². The number of aliphatic hydroxyl groups is 4. The summed E-state index contributed by atoms with van der Waals surface area (Å²) in [6, 6.07) is 0. The summed E-state index contributed by atoms with van der Waals surface area (Å²) in [5.74, 6) is -0.748. The highest BCUT2D eigenvalue weighted by Crippen LogP contribution is 2.01. The highest BCUT2D eigenvalue weighted by molar-refractivity contribution is 5.84. The van der Waals surface area contributed by atoms with Gasteiger partial charge in [0.25, 0.3) is 0 Å². The SMILES string of the molecule is COCC(=O)[C@@H](O)[C@H](O)[C@H](O)CO. The molecule has 0 saturated heterocycles. The molecule has 6 nitrogen and oxygen atoms in total. The van der Waals surface area contributed by atoms with E-state index < -0.39 is 30.7 Å². The Labute approximate surface area is 75.4 Å². The van der Waals surface area contributed by atoms with Gasteiger partial charge in [0.2, 0.25) is 0 Å². The topological polar surface area (TPSA) is 107 Å². The molecule has 0 aromatic carbocycles. The molecule has 0 fully saturated rings. The summed E-state index contributed by atoms with van der Waals surface area (Å²) in [7, 11) is 1.26. The third-order valence-electron chi connectivity index (χ3n) is 1.52. The van der Waals surface area contributed by atoms with E-state index in [1.54, 1.807) is 0 Å². The van der Waals surface area contributed by atoms with Crippen LogP contribution >= 0.6 is 0 Å². The standard InChI is InChI=1S/C7H14O6/c1-13-3-5(10)7(12)6(11)4(9)2-8/h4,6-9,11-12H,2-3H2,1H3/t4-,6-,7-/m1/s1. The predicted octanol–water partition coefficient (Wildman–Crippen LogP) is -2.72. The summed E-state index contributed by atoms with van der Waals surface area (Å²) < 4.78 is 4.42. The first-order chi connectivity index (χ1) is 6.04. The summed E-state index contributed by atoms with van der Waals surface area (Å²) >= 11 is 0. The van der Waals surface area contributed by atoms with Crippen LogP contribution in [-0.2, 0) is 9.53 Å². The highest BCUT2D eigenvalue weighted by atomic mass is 16.5. The molecule has 0 rings (SSSR count). The fraction of sp³-hybridized carbons (Fsp3) is 0.857. The van der Waals surface area contributed by atoms with Crippen LogP contribution in [0.15, 0.2) is 0 Å². The van der Waals surface area contributed by atoms with E-state index in [0.29, 0.717) is 0 Å². The van der Waals surface area contributed by atoms with Gasteiger partial charge in [0.15, 0.2) is 5.78 Å². The third-order valence-corrected chi connectivity index (χ3v) is 1.52. The molecule has 0 unspecified atom stereocenters. The second-order valence-corrected chi connectivity index (χ2v) is 2.58. The monoisotopic (exact) mass is 194 g/mol. The summed E-state index contributed by atoms with van der Waals surface area (Å²) in [5.41, 5.74) is 0. The van der Waals surface area contributed by atoms with E-state index >= 15 is 0 Å². The van der Waals surface area contributed by atoms with Crippen molar-refractivity contribution in [2.24, 2.45) is 0 Å². The Morgan fingerprint density at radius 1 is 1.38 bits per heavy atom. The lowest BCUT2D eigenvalue weighted by molar-refractivity contribution is -0.143. The molecule has 13 heavy (non-hydrogen) atoms. The van der Waals surface area contributed by atoms with E-state index in [0.717, 1.165) is 0 Å². The minimum atomic E-state index is -1.73. The van der Waals surface area contributed by atoms with Crippen LogP contribution in [0, 0.1) is 0 Å². The van der Waals surface area contributed by atoms with Gasteiger partial charge in [-0.2, -0.15) is 0 Å². The van der Waals surface area contributed by atoms with Gasteiger partial charge in [-0.3, -0.25) is 4.79 Å². The molecular weight excluding hydrogens is 180 g/mol. The average Bonchev–Trinajstić information content (AvgIpc) is 2.14. The van der Waals surface area contributed by atoms with Gasteiger partial charge in [0.1, 0.15) is 24.9 Å². The van der Waals surface area contributed by atoms with Crippen molar-refractivity contribution in [3.8, 4) is 0 Å². The Hall–Kier alpha value is -0.530. The van der Waals surface area contributed by atoms with Crippen LogP contribution in [0.2, 0.25) is 0 Å². The minimum Gasteiger partial charge on any atom is -0.394 e. The Bertz CT molecular complexity index is 159. The van der Waals surface area contributed by atoms with Gasteiger partial charge in [0.05, 0.1) is 6.61 Å². The average molecular weight is 194 g/mol. The molecule has 3 atom stereocenters. The Kier molecular flexibility index (Phi) is 5.76. The van der Waals surface area contributed by atoms with Crippen LogP contribution in [0.5, 0.6) is 0 Å². The lowest BCUT2D eigenvalue weighted by Gasteiger charge is -2.19. The van der Waals surface area contributed by atoms with Crippen molar-refractivity contribution in [2.45, 2.75) is 18.3 Å². The Morgan fingerprint density at radius 2 is 1.92 bits per heavy atom. The van der Waals surface area contributed by atoms with Crippen molar-refractivity contribution in [1.29, 1.82) is 0 Å². The van der Waals surface area contributed by atoms with Crippen LogP contribution in [-0.4, -0.2) is 64.8 Å². The molecule has 0 saturated carbocycles. The molecule has 0 aliphatic heterocycles. The first-order valence-corrected chi connectivity index (χ1v) is 3.71. The van der Waals surface area contributed by atoms with Crippen LogP contribution < -0.4 is 0 Å². The first kappa shape index (κ1) is 12.5. The van der Waals surface area contributed by atoms with Gasteiger partial charge in [-0.15, -0.1) is 0 Å². The first-order valence-electron chi connectivity index (χ1n) is 3.71. The van der Waals surface area contributed by atoms with E-state index in [-0.39, 0.29) is 6.61 Å². The van der Waals surface area contributed by atoms with Gasteiger partial charge in [-0.25, -0.2) is 0 Å². The number of aliphatic hydroxyl groups excluding tert-OH is 4. The zero-order valence-corrected chi connectivity index (χ0v) is 7.25. The molecule has 0 aliphatic carbocycles. The van der Waals surface area contributed by atoms with E-state index in [9.17, 15) is 4.79 Å². The molecule has 0 spiro atoms. The molecule has 0 radical (unpaired) electrons. The molecule has 0 aliphatic rings. The van der Waals surface area contributed by atoms with Crippen molar-refractivity contribution < 1.29 is 30.0 Å². The maximum atomic E-state index is 10.9. The van der Waals surface area contributed by atoms with Gasteiger partial charge < -0.3 is 25.2 Å². The highest BCUT2D eigenvalue weighted by Gasteiger charge is 2.29. The molecule has 0 bridgehead atoms. The van der Waals surface area contributed by atoms with Crippen LogP contribution in [0.4, 0.5) is 0 Å². The molecule has 0 heterocycles. The van der Waals surface area contributed by atoms with Gasteiger partial charge in [-0.05, 0) is 0 Å². The minimum absolute atomic E-state index is 0.351. The fourth-order valence-electron chi connectivity index (χ4n) is 0.737. The molecule has 0 amide bonds. The molecule has 0 aromatic heterocycles. The van der Waals surface area contributed by atoms with Gasteiger partial charge in [0, 0.05) is 7.11 Å². The third kappa shape index (κ3) is 3.79. The number of rotatable bonds is 6. The number of ketones is 1. The van der Waals surface area contributed by atoms with Crippen molar-refractivity contribution in [3.05, 3.63) is 0 Å². The van der Waals surface area contributed by atoms with E-state index in [4.69, 9.17) is 20.4 Å². The van der Waals surface area contributed by atoms with Crippen LogP contribution in [0.25, 0.3) is 0 Å². The molecule has 6 heteroatoms. The van der Waals surface area contributed by atoms with Crippen LogP contribution in [0.3, 0.4) is 0 Å². The quantitative estimate of drug-likeness (QED) is 0.366. The van der Waals surface area contributed by atoms with Crippen molar-refractivity contribution >= 4 is 5.78 Å². The van der Waals surface area contributed by atoms with Crippen molar-refractivity contribution in [1.82, 2.24) is 0 Å². The summed E-state index contributed by atoms with van der Waals surface area (Å²) in [6.07, 6.45) is -4.95. The lowest BCUT2D eigenvalue weighted by Crippen LogP contribution is -2.44. The van der Waals surface area contributed by atoms with Crippen molar-refractivity contribution in [3.63, 3.8) is 0 Å². The fourth-order valence-corrected chi connectivity index (χ4v) is 0.737. The molecule has 4 N–H and O–H groups in total. The second kappa shape index (κ2) is 6.01. The number of carbonyl (C=O) groups is 1. The summed E-state index contributed by atoms with van der Waals surface area (Å²) in [6.45, 7) is -1.07. The summed E-state index contributed by atoms with van der Waals surface area (Å²) in [5, 5.41) is 35.4. The predicted molar refractivity (Wildman–Crippen MR) is 42.0 cm³/mol. The Balaban J connectivity index is 4.07. The number of hydrogen-bond donors (Lipinski definition) is 4. The maximum absolute atomic E-state index is 10.9. The second-order valence-electron chi connectivity index (χ2n) is 2.58. The van der Waals surface area contributed by atoms with E-state index in [1.807, 2.05) is 0 Å². The van der Waals surface area contributed by atoms with Crippen molar-refractivity contribution in [2.75, 3.05) is 20.3 Å².